The first kappa shape index (κ1) is 12.1. The predicted octanol–water partition coefficient (Wildman–Crippen LogP) is 2.05. The molecule has 2 N–H and O–H groups in total. The van der Waals surface area contributed by atoms with Gasteiger partial charge >= 0.3 is 0 Å². The number of nitrogens with two attached hydrogens (primary N) is 1. The topological polar surface area (TPSA) is 51.8 Å². The lowest BCUT2D eigenvalue weighted by Crippen LogP contribution is -2.20. The zero-order valence-electron chi connectivity index (χ0n) is 10.1. The second-order valence-electron chi connectivity index (χ2n) is 4.39. The van der Waals surface area contributed by atoms with Crippen molar-refractivity contribution in [3.63, 3.8) is 0 Å². The van der Waals surface area contributed by atoms with Crippen molar-refractivity contribution in [2.24, 2.45) is 5.73 Å². The molecule has 1 aromatic rings. The standard InChI is InChI=1S/C12H21N3/c1-5-10-7-11(8(2)3)15-12(14-10)6-9(4)13/h7-9H,5-6,13H2,1-4H3. The molecular weight excluding hydrogens is 186 g/mol. The van der Waals surface area contributed by atoms with Crippen LogP contribution in [0.25, 0.3) is 0 Å². The molecule has 1 unspecified atom stereocenters. The van der Waals surface area contributed by atoms with Crippen LogP contribution in [0.5, 0.6) is 0 Å². The smallest absolute Gasteiger partial charge is 0.130 e. The molecule has 0 saturated heterocycles. The second-order valence-corrected chi connectivity index (χ2v) is 4.39. The van der Waals surface area contributed by atoms with Gasteiger partial charge in [0, 0.05) is 23.9 Å². The van der Waals surface area contributed by atoms with Crippen molar-refractivity contribution in [3.05, 3.63) is 23.3 Å². The Morgan fingerprint density at radius 3 is 2.40 bits per heavy atom. The van der Waals surface area contributed by atoms with Crippen LogP contribution in [0, 0.1) is 0 Å². The zero-order valence-corrected chi connectivity index (χ0v) is 10.1. The molecule has 1 atom stereocenters. The highest BCUT2D eigenvalue weighted by Crippen LogP contribution is 2.13. The Bertz CT molecular complexity index is 319. The minimum absolute atomic E-state index is 0.122. The maximum Gasteiger partial charge on any atom is 0.130 e. The summed E-state index contributed by atoms with van der Waals surface area (Å²) in [6.07, 6.45) is 1.71. The van der Waals surface area contributed by atoms with E-state index >= 15 is 0 Å². The van der Waals surface area contributed by atoms with Crippen LogP contribution in [0.3, 0.4) is 0 Å². The number of aromatic nitrogens is 2. The summed E-state index contributed by atoms with van der Waals surface area (Å²) in [6.45, 7) is 8.40. The minimum Gasteiger partial charge on any atom is -0.328 e. The van der Waals surface area contributed by atoms with Gasteiger partial charge in [-0.05, 0) is 25.3 Å². The van der Waals surface area contributed by atoms with Crippen LogP contribution in [0.4, 0.5) is 0 Å². The Kier molecular flexibility index (Phi) is 4.21. The quantitative estimate of drug-likeness (QED) is 0.822. The van der Waals surface area contributed by atoms with Crippen molar-refractivity contribution in [3.8, 4) is 0 Å². The van der Waals surface area contributed by atoms with Gasteiger partial charge < -0.3 is 5.73 Å². The van der Waals surface area contributed by atoms with E-state index in [1.54, 1.807) is 0 Å². The van der Waals surface area contributed by atoms with Crippen molar-refractivity contribution in [1.82, 2.24) is 9.97 Å². The molecule has 1 heterocycles. The summed E-state index contributed by atoms with van der Waals surface area (Å²) >= 11 is 0. The Hall–Kier alpha value is -0.960. The van der Waals surface area contributed by atoms with Gasteiger partial charge in [0.05, 0.1) is 0 Å². The third kappa shape index (κ3) is 3.59. The van der Waals surface area contributed by atoms with Crippen molar-refractivity contribution in [2.75, 3.05) is 0 Å². The lowest BCUT2D eigenvalue weighted by Gasteiger charge is -2.10. The normalized spacial score (nSPS) is 13.2. The van der Waals surface area contributed by atoms with Gasteiger partial charge in [-0.1, -0.05) is 20.8 Å². The van der Waals surface area contributed by atoms with Crippen molar-refractivity contribution >= 4 is 0 Å². The average Bonchev–Trinajstić information content (AvgIpc) is 2.16. The Morgan fingerprint density at radius 2 is 1.93 bits per heavy atom. The van der Waals surface area contributed by atoms with Crippen LogP contribution in [-0.4, -0.2) is 16.0 Å². The van der Waals surface area contributed by atoms with E-state index in [9.17, 15) is 0 Å². The molecule has 84 valence electrons. The van der Waals surface area contributed by atoms with Gasteiger partial charge in [0.15, 0.2) is 0 Å². The SMILES string of the molecule is CCc1cc(C(C)C)nc(CC(C)N)n1. The first-order chi connectivity index (χ1) is 7.02. The first-order valence-electron chi connectivity index (χ1n) is 5.65. The molecule has 0 saturated carbocycles. The summed E-state index contributed by atoms with van der Waals surface area (Å²) in [4.78, 5) is 9.01. The van der Waals surface area contributed by atoms with E-state index < -0.39 is 0 Å². The molecule has 0 aliphatic carbocycles. The monoisotopic (exact) mass is 207 g/mol. The van der Waals surface area contributed by atoms with E-state index in [1.165, 1.54) is 0 Å². The van der Waals surface area contributed by atoms with Crippen molar-refractivity contribution < 1.29 is 0 Å². The largest absolute Gasteiger partial charge is 0.328 e. The molecule has 0 spiro atoms. The molecule has 0 aliphatic rings. The molecule has 0 aromatic carbocycles. The lowest BCUT2D eigenvalue weighted by atomic mass is 10.1. The van der Waals surface area contributed by atoms with Crippen LogP contribution in [0.2, 0.25) is 0 Å². The number of hydrogen-bond acceptors (Lipinski definition) is 3. The lowest BCUT2D eigenvalue weighted by molar-refractivity contribution is 0.679. The van der Waals surface area contributed by atoms with E-state index in [4.69, 9.17) is 5.73 Å². The van der Waals surface area contributed by atoms with Gasteiger partial charge in [-0.25, -0.2) is 9.97 Å². The van der Waals surface area contributed by atoms with Crippen LogP contribution in [-0.2, 0) is 12.8 Å². The Balaban J connectivity index is 3.00. The highest BCUT2D eigenvalue weighted by Gasteiger charge is 2.08. The highest BCUT2D eigenvalue weighted by atomic mass is 14.9. The Morgan fingerprint density at radius 1 is 1.27 bits per heavy atom. The molecule has 3 heteroatoms. The molecular formula is C12H21N3. The number of nitrogens with zero attached hydrogens (tertiary/aromatic N) is 2. The first-order valence-corrected chi connectivity index (χ1v) is 5.65. The predicted molar refractivity (Wildman–Crippen MR) is 62.9 cm³/mol. The van der Waals surface area contributed by atoms with E-state index in [1.807, 2.05) is 6.92 Å². The molecule has 1 aromatic heterocycles. The molecule has 0 amide bonds. The summed E-state index contributed by atoms with van der Waals surface area (Å²) in [6, 6.07) is 2.21. The fraction of sp³-hybridized carbons (Fsp3) is 0.667. The zero-order chi connectivity index (χ0) is 11.4. The third-order valence-corrected chi connectivity index (χ3v) is 2.30. The van der Waals surface area contributed by atoms with Gasteiger partial charge in [-0.2, -0.15) is 0 Å². The van der Waals surface area contributed by atoms with Crippen molar-refractivity contribution in [1.29, 1.82) is 0 Å². The molecule has 3 nitrogen and oxygen atoms in total. The van der Waals surface area contributed by atoms with E-state index in [0.717, 1.165) is 30.1 Å². The van der Waals surface area contributed by atoms with Crippen LogP contribution in [0.1, 0.15) is 50.8 Å². The second kappa shape index (κ2) is 5.21. The fourth-order valence-corrected chi connectivity index (χ4v) is 1.43. The molecule has 15 heavy (non-hydrogen) atoms. The van der Waals surface area contributed by atoms with Gasteiger partial charge in [0.25, 0.3) is 0 Å². The number of aryl methyl sites for hydroxylation is 1. The molecule has 0 aliphatic heterocycles. The maximum absolute atomic E-state index is 5.76. The fourth-order valence-electron chi connectivity index (χ4n) is 1.43. The van der Waals surface area contributed by atoms with Crippen LogP contribution in [0.15, 0.2) is 6.07 Å². The summed E-state index contributed by atoms with van der Waals surface area (Å²) < 4.78 is 0. The molecule has 0 radical (unpaired) electrons. The molecule has 1 rings (SSSR count). The molecule has 0 bridgehead atoms. The number of hydrogen-bond donors (Lipinski definition) is 1. The average molecular weight is 207 g/mol. The van der Waals surface area contributed by atoms with Crippen molar-refractivity contribution in [2.45, 2.75) is 52.5 Å². The number of rotatable bonds is 4. The van der Waals surface area contributed by atoms with Gasteiger partial charge in [0.2, 0.25) is 0 Å². The minimum atomic E-state index is 0.122. The maximum atomic E-state index is 5.76. The summed E-state index contributed by atoms with van der Waals surface area (Å²) in [5, 5.41) is 0. The van der Waals surface area contributed by atoms with Gasteiger partial charge in [-0.15, -0.1) is 0 Å². The summed E-state index contributed by atoms with van der Waals surface area (Å²) in [7, 11) is 0. The van der Waals surface area contributed by atoms with Crippen LogP contribution < -0.4 is 5.73 Å². The van der Waals surface area contributed by atoms with Crippen LogP contribution >= 0.6 is 0 Å². The highest BCUT2D eigenvalue weighted by molar-refractivity contribution is 5.14. The van der Waals surface area contributed by atoms with E-state index in [-0.39, 0.29) is 6.04 Å². The van der Waals surface area contributed by atoms with Gasteiger partial charge in [-0.3, -0.25) is 0 Å². The summed E-state index contributed by atoms with van der Waals surface area (Å²) in [5.41, 5.74) is 8.00. The van der Waals surface area contributed by atoms with Gasteiger partial charge in [0.1, 0.15) is 5.82 Å². The van der Waals surface area contributed by atoms with E-state index in [0.29, 0.717) is 5.92 Å². The Labute approximate surface area is 92.1 Å². The third-order valence-electron chi connectivity index (χ3n) is 2.30. The van der Waals surface area contributed by atoms with E-state index in [2.05, 4.69) is 36.8 Å². The molecule has 0 fully saturated rings. The summed E-state index contributed by atoms with van der Waals surface area (Å²) in [5.74, 6) is 1.33.